The lowest BCUT2D eigenvalue weighted by Gasteiger charge is -2.39. The Bertz CT molecular complexity index is 1260. The highest BCUT2D eigenvalue weighted by atomic mass is 19.2. The predicted molar refractivity (Wildman–Crippen MR) is 125 cm³/mol. The number of benzene rings is 1. The van der Waals surface area contributed by atoms with E-state index in [0.717, 1.165) is 37.7 Å². The minimum absolute atomic E-state index is 0.0860. The van der Waals surface area contributed by atoms with Gasteiger partial charge in [-0.3, -0.25) is 0 Å². The Kier molecular flexibility index (Phi) is 5.94. The minimum Gasteiger partial charge on any atom is -0.481 e. The fourth-order valence-corrected chi connectivity index (χ4v) is 5.76. The quantitative estimate of drug-likeness (QED) is 0.532. The van der Waals surface area contributed by atoms with Crippen LogP contribution in [0.2, 0.25) is 0 Å². The molecule has 2 aromatic heterocycles. The van der Waals surface area contributed by atoms with Gasteiger partial charge in [0, 0.05) is 55.8 Å². The van der Waals surface area contributed by atoms with E-state index < -0.39 is 23.6 Å². The average Bonchev–Trinajstić information content (AvgIpc) is 3.30. The molecule has 0 amide bonds. The number of methoxy groups -OCH3 is 1. The number of hydrogen-bond donors (Lipinski definition) is 1. The molecular formula is C25H27F3N6O2. The van der Waals surface area contributed by atoms with Gasteiger partial charge in [-0.05, 0) is 49.3 Å². The first-order valence-corrected chi connectivity index (χ1v) is 12.2. The smallest absolute Gasteiger partial charge is 0.242 e. The van der Waals surface area contributed by atoms with Gasteiger partial charge in [0.15, 0.2) is 23.3 Å². The molecule has 4 atom stereocenters. The lowest BCUT2D eigenvalue weighted by molar-refractivity contribution is 0.0780. The second kappa shape index (κ2) is 9.27. The van der Waals surface area contributed by atoms with Crippen LogP contribution in [0.1, 0.15) is 36.8 Å². The number of aryl methyl sites for hydroxylation is 1. The zero-order valence-electron chi connectivity index (χ0n) is 19.8. The predicted octanol–water partition coefficient (Wildman–Crippen LogP) is 3.94. The number of anilines is 2. The molecule has 6 rings (SSSR count). The average molecular weight is 501 g/mol. The van der Waals surface area contributed by atoms with Crippen molar-refractivity contribution in [2.24, 2.45) is 11.8 Å². The van der Waals surface area contributed by atoms with Crippen LogP contribution in [-0.4, -0.2) is 52.6 Å². The summed E-state index contributed by atoms with van der Waals surface area (Å²) >= 11 is 0. The summed E-state index contributed by atoms with van der Waals surface area (Å²) in [5, 5.41) is 8.16. The van der Waals surface area contributed by atoms with Gasteiger partial charge in [-0.25, -0.2) is 22.8 Å². The third-order valence-electron chi connectivity index (χ3n) is 7.50. The van der Waals surface area contributed by atoms with E-state index in [1.54, 1.807) is 18.0 Å². The molecule has 1 N–H and O–H groups in total. The monoisotopic (exact) mass is 500 g/mol. The van der Waals surface area contributed by atoms with Crippen LogP contribution in [0.25, 0.3) is 0 Å². The van der Waals surface area contributed by atoms with Crippen molar-refractivity contribution < 1.29 is 22.6 Å². The molecule has 2 fully saturated rings. The maximum Gasteiger partial charge on any atom is 0.242 e. The van der Waals surface area contributed by atoms with Crippen LogP contribution in [0, 0.1) is 29.3 Å². The number of piperidine rings is 1. The molecule has 1 aliphatic carbocycles. The first-order valence-electron chi connectivity index (χ1n) is 12.2. The molecule has 11 heteroatoms. The van der Waals surface area contributed by atoms with E-state index in [0.29, 0.717) is 49.1 Å². The van der Waals surface area contributed by atoms with Crippen molar-refractivity contribution in [3.8, 4) is 5.88 Å². The lowest BCUT2D eigenvalue weighted by atomic mass is 9.92. The van der Waals surface area contributed by atoms with Crippen molar-refractivity contribution >= 4 is 11.6 Å². The second-order valence-electron chi connectivity index (χ2n) is 9.61. The molecule has 190 valence electrons. The molecular weight excluding hydrogens is 473 g/mol. The number of nitrogens with one attached hydrogen (secondary N) is 1. The second-order valence-corrected chi connectivity index (χ2v) is 9.61. The summed E-state index contributed by atoms with van der Waals surface area (Å²) in [5.41, 5.74) is 1.01. The number of nitrogens with zero attached hydrogens (tertiary/aromatic N) is 5. The van der Waals surface area contributed by atoms with Crippen LogP contribution in [0.5, 0.6) is 5.88 Å². The van der Waals surface area contributed by atoms with Crippen LogP contribution >= 0.6 is 0 Å². The molecule has 36 heavy (non-hydrogen) atoms. The summed E-state index contributed by atoms with van der Waals surface area (Å²) in [5.74, 6) is -1.77. The normalized spacial score (nSPS) is 25.4. The molecule has 1 saturated carbocycles. The molecule has 3 aromatic rings. The number of pyridine rings is 1. The maximum absolute atomic E-state index is 14.6. The van der Waals surface area contributed by atoms with Crippen LogP contribution < -0.4 is 15.0 Å². The highest BCUT2D eigenvalue weighted by Gasteiger charge is 2.43. The van der Waals surface area contributed by atoms with Crippen molar-refractivity contribution in [3.63, 3.8) is 0 Å². The summed E-state index contributed by atoms with van der Waals surface area (Å²) in [6, 6.07) is 6.28. The van der Waals surface area contributed by atoms with Crippen LogP contribution in [0.3, 0.4) is 0 Å². The van der Waals surface area contributed by atoms with Crippen molar-refractivity contribution in [3.05, 3.63) is 59.3 Å². The van der Waals surface area contributed by atoms with Crippen molar-refractivity contribution in [2.75, 3.05) is 37.0 Å². The van der Waals surface area contributed by atoms with Gasteiger partial charge >= 0.3 is 0 Å². The minimum atomic E-state index is -1.51. The summed E-state index contributed by atoms with van der Waals surface area (Å²) in [6.45, 7) is 2.65. The first kappa shape index (κ1) is 23.1. The molecule has 2 bridgehead atoms. The van der Waals surface area contributed by atoms with Crippen molar-refractivity contribution in [1.29, 1.82) is 0 Å². The molecule has 1 unspecified atom stereocenters. The summed E-state index contributed by atoms with van der Waals surface area (Å²) in [7, 11) is 1.61. The molecule has 0 spiro atoms. The standard InChI is InChI=1S/C25H27F3N6O2/c1-35-19-11-16(7-8-29-19)33-12-14-3-4-15(13-33)22(14)30-25-31-24-23(36-10-2-9-34(24)32-25)17-5-6-18(26)21(28)20(17)27/h5-8,11,14-15,22-23H,2-4,9-10,12-13H2,1H3,(H,30,32)/t14-,15+,22?,23-/m1/s1. The Morgan fingerprint density at radius 3 is 2.67 bits per heavy atom. The summed E-state index contributed by atoms with van der Waals surface area (Å²) < 4.78 is 54.9. The number of rotatable bonds is 5. The van der Waals surface area contributed by atoms with E-state index in [1.807, 2.05) is 12.1 Å². The Balaban J connectivity index is 1.23. The van der Waals surface area contributed by atoms with E-state index >= 15 is 0 Å². The Morgan fingerprint density at radius 2 is 1.89 bits per heavy atom. The fraction of sp³-hybridized carbons (Fsp3) is 0.480. The largest absolute Gasteiger partial charge is 0.481 e. The van der Waals surface area contributed by atoms with Crippen LogP contribution in [-0.2, 0) is 11.3 Å². The fourth-order valence-electron chi connectivity index (χ4n) is 5.76. The van der Waals surface area contributed by atoms with Gasteiger partial charge in [0.2, 0.25) is 11.8 Å². The summed E-state index contributed by atoms with van der Waals surface area (Å²) in [6.07, 6.45) is 3.64. The van der Waals surface area contributed by atoms with E-state index in [4.69, 9.17) is 9.47 Å². The van der Waals surface area contributed by atoms with Gasteiger partial charge in [0.1, 0.15) is 6.10 Å². The van der Waals surface area contributed by atoms with E-state index in [9.17, 15) is 13.2 Å². The van der Waals surface area contributed by atoms with Crippen molar-refractivity contribution in [1.82, 2.24) is 19.7 Å². The number of ether oxygens (including phenoxy) is 2. The number of fused-ring (bicyclic) bond motifs is 3. The zero-order chi connectivity index (χ0) is 24.8. The SMILES string of the molecule is COc1cc(N2C[C@H]3CC[C@@H](C2)C3Nc2nc3n(n2)CCCO[C@@H]3c2ccc(F)c(F)c2F)ccn1. The van der Waals surface area contributed by atoms with Gasteiger partial charge in [-0.1, -0.05) is 0 Å². The molecule has 4 heterocycles. The highest BCUT2D eigenvalue weighted by Crippen LogP contribution is 2.40. The Labute approximate surface area is 206 Å². The molecule has 3 aliphatic rings. The zero-order valence-corrected chi connectivity index (χ0v) is 19.8. The van der Waals surface area contributed by atoms with Crippen molar-refractivity contribution in [2.45, 2.75) is 38.0 Å². The number of aromatic nitrogens is 4. The highest BCUT2D eigenvalue weighted by molar-refractivity contribution is 5.49. The van der Waals surface area contributed by atoms with Gasteiger partial charge in [0.05, 0.1) is 7.11 Å². The third kappa shape index (κ3) is 4.04. The molecule has 0 radical (unpaired) electrons. The first-order chi connectivity index (χ1) is 17.5. The Hall–Kier alpha value is -3.34. The van der Waals surface area contributed by atoms with E-state index in [1.165, 1.54) is 6.07 Å². The molecule has 1 saturated heterocycles. The maximum atomic E-state index is 14.6. The number of hydrogen-bond acceptors (Lipinski definition) is 7. The van der Waals surface area contributed by atoms with E-state index in [2.05, 4.69) is 25.3 Å². The van der Waals surface area contributed by atoms with Gasteiger partial charge in [0.25, 0.3) is 0 Å². The number of halogens is 3. The third-order valence-corrected chi connectivity index (χ3v) is 7.50. The molecule has 1 aromatic carbocycles. The van der Waals surface area contributed by atoms with Gasteiger partial charge in [-0.15, -0.1) is 5.10 Å². The molecule has 2 aliphatic heterocycles. The Morgan fingerprint density at radius 1 is 1.08 bits per heavy atom. The summed E-state index contributed by atoms with van der Waals surface area (Å²) in [4.78, 5) is 11.2. The topological polar surface area (TPSA) is 77.3 Å². The molecule has 8 nitrogen and oxygen atoms in total. The lowest BCUT2D eigenvalue weighted by Crippen LogP contribution is -2.48. The van der Waals surface area contributed by atoms with Crippen LogP contribution in [0.15, 0.2) is 30.5 Å². The van der Waals surface area contributed by atoms with Gasteiger partial charge in [-0.2, -0.15) is 4.98 Å². The van der Waals surface area contributed by atoms with E-state index in [-0.39, 0.29) is 11.6 Å². The van der Waals surface area contributed by atoms with Gasteiger partial charge < -0.3 is 19.7 Å². The van der Waals surface area contributed by atoms with Crippen LogP contribution in [0.4, 0.5) is 24.8 Å².